The molecule has 148 valence electrons. The highest BCUT2D eigenvalue weighted by molar-refractivity contribution is 7.89. The molecule has 0 bridgehead atoms. The number of carbonyl (C=O) groups excluding carboxylic acids is 1. The van der Waals surface area contributed by atoms with E-state index in [-0.39, 0.29) is 29.8 Å². The van der Waals surface area contributed by atoms with E-state index >= 15 is 0 Å². The van der Waals surface area contributed by atoms with Gasteiger partial charge in [0.2, 0.25) is 15.9 Å². The van der Waals surface area contributed by atoms with Crippen molar-refractivity contribution in [3.8, 4) is 0 Å². The Hall–Kier alpha value is -2.29. The summed E-state index contributed by atoms with van der Waals surface area (Å²) in [4.78, 5) is 12.3. The van der Waals surface area contributed by atoms with Crippen LogP contribution in [0.5, 0.6) is 0 Å². The van der Waals surface area contributed by atoms with Crippen molar-refractivity contribution < 1.29 is 17.6 Å². The fraction of sp³-hybridized carbons (Fsp3) is 0.263. The number of rotatable bonds is 5. The van der Waals surface area contributed by atoms with E-state index in [1.54, 1.807) is 18.2 Å². The number of nitrogens with one attached hydrogen (secondary N) is 1. The highest BCUT2D eigenvalue weighted by atomic mass is 35.5. The van der Waals surface area contributed by atoms with Crippen LogP contribution >= 0.6 is 11.6 Å². The van der Waals surface area contributed by atoms with E-state index in [0.29, 0.717) is 23.4 Å². The third-order valence-corrected chi connectivity index (χ3v) is 6.82. The lowest BCUT2D eigenvalue weighted by Gasteiger charge is -2.30. The Morgan fingerprint density at radius 2 is 1.79 bits per heavy atom. The third-order valence-electron chi connectivity index (χ3n) is 4.56. The Balaban J connectivity index is 1.55. The molecule has 0 spiro atoms. The van der Waals surface area contributed by atoms with E-state index in [2.05, 4.69) is 10.5 Å². The van der Waals surface area contributed by atoms with Crippen LogP contribution in [0.15, 0.2) is 58.5 Å². The highest BCUT2D eigenvalue weighted by Crippen LogP contribution is 2.24. The zero-order valence-electron chi connectivity index (χ0n) is 14.9. The lowest BCUT2D eigenvalue weighted by Crippen LogP contribution is -2.42. The number of benzene rings is 2. The Bertz CT molecular complexity index is 972. The quantitative estimate of drug-likeness (QED) is 0.593. The Morgan fingerprint density at radius 3 is 2.43 bits per heavy atom. The van der Waals surface area contributed by atoms with Crippen LogP contribution in [0.2, 0.25) is 5.02 Å². The van der Waals surface area contributed by atoms with Crippen LogP contribution in [-0.4, -0.2) is 37.9 Å². The molecular weight excluding hydrogens is 405 g/mol. The average molecular weight is 424 g/mol. The summed E-state index contributed by atoms with van der Waals surface area (Å²) in [7, 11) is -3.69. The molecule has 1 aliphatic rings. The van der Waals surface area contributed by atoms with Crippen molar-refractivity contribution in [2.75, 3.05) is 13.1 Å². The second-order valence-corrected chi connectivity index (χ2v) is 8.73. The zero-order valence-corrected chi connectivity index (χ0v) is 16.5. The first kappa shape index (κ1) is 20.4. The SMILES string of the molecule is O=C(N/N=C\c1ccccc1Cl)C1CCN(S(=O)(=O)c2ccc(F)cc2)CC1. The number of hydrogen-bond acceptors (Lipinski definition) is 4. The second kappa shape index (κ2) is 8.81. The highest BCUT2D eigenvalue weighted by Gasteiger charge is 2.32. The molecule has 28 heavy (non-hydrogen) atoms. The van der Waals surface area contributed by atoms with Gasteiger partial charge in [0.15, 0.2) is 0 Å². The number of piperidine rings is 1. The molecule has 9 heteroatoms. The van der Waals surface area contributed by atoms with Crippen LogP contribution in [-0.2, 0) is 14.8 Å². The molecule has 0 aliphatic carbocycles. The molecular formula is C19H19ClFN3O3S. The van der Waals surface area contributed by atoms with Gasteiger partial charge in [-0.25, -0.2) is 18.2 Å². The van der Waals surface area contributed by atoms with Gasteiger partial charge in [-0.1, -0.05) is 29.8 Å². The van der Waals surface area contributed by atoms with E-state index in [4.69, 9.17) is 11.6 Å². The molecule has 0 atom stereocenters. The van der Waals surface area contributed by atoms with E-state index < -0.39 is 15.8 Å². The molecule has 1 aliphatic heterocycles. The topological polar surface area (TPSA) is 78.8 Å². The Morgan fingerprint density at radius 1 is 1.14 bits per heavy atom. The largest absolute Gasteiger partial charge is 0.273 e. The smallest absolute Gasteiger partial charge is 0.243 e. The molecule has 2 aromatic rings. The van der Waals surface area contributed by atoms with Crippen LogP contribution in [0.1, 0.15) is 18.4 Å². The van der Waals surface area contributed by atoms with Gasteiger partial charge < -0.3 is 0 Å². The van der Waals surface area contributed by atoms with E-state index in [1.807, 2.05) is 6.07 Å². The normalized spacial score (nSPS) is 16.4. The summed E-state index contributed by atoms with van der Waals surface area (Å²) >= 11 is 6.02. The molecule has 2 aromatic carbocycles. The van der Waals surface area contributed by atoms with Crippen molar-refractivity contribution in [1.82, 2.24) is 9.73 Å². The number of halogens is 2. The summed E-state index contributed by atoms with van der Waals surface area (Å²) in [5, 5.41) is 4.45. The van der Waals surface area contributed by atoms with Crippen LogP contribution < -0.4 is 5.43 Å². The maximum Gasteiger partial charge on any atom is 0.243 e. The van der Waals surface area contributed by atoms with E-state index in [0.717, 1.165) is 12.1 Å². The van der Waals surface area contributed by atoms with Gasteiger partial charge >= 0.3 is 0 Å². The third kappa shape index (κ3) is 4.76. The number of nitrogens with zero attached hydrogens (tertiary/aromatic N) is 2. The predicted octanol–water partition coefficient (Wildman–Crippen LogP) is 3.03. The first-order valence-electron chi connectivity index (χ1n) is 8.71. The second-order valence-electron chi connectivity index (χ2n) is 6.39. The summed E-state index contributed by atoms with van der Waals surface area (Å²) in [6.07, 6.45) is 2.23. The molecule has 0 saturated carbocycles. The lowest BCUT2D eigenvalue weighted by atomic mass is 9.98. The van der Waals surface area contributed by atoms with Crippen molar-refractivity contribution in [2.24, 2.45) is 11.0 Å². The number of amides is 1. The van der Waals surface area contributed by atoms with Crippen molar-refractivity contribution >= 4 is 33.7 Å². The average Bonchev–Trinajstić information content (AvgIpc) is 2.70. The molecule has 6 nitrogen and oxygen atoms in total. The molecule has 1 heterocycles. The van der Waals surface area contributed by atoms with Crippen molar-refractivity contribution in [2.45, 2.75) is 17.7 Å². The minimum atomic E-state index is -3.69. The summed E-state index contributed by atoms with van der Waals surface area (Å²) in [5.74, 6) is -1.09. The van der Waals surface area contributed by atoms with Gasteiger partial charge in [0, 0.05) is 29.6 Å². The fourth-order valence-electron chi connectivity index (χ4n) is 2.95. The van der Waals surface area contributed by atoms with Crippen LogP contribution in [0, 0.1) is 11.7 Å². The molecule has 1 N–H and O–H groups in total. The first-order chi connectivity index (χ1) is 13.4. The number of hydrogen-bond donors (Lipinski definition) is 1. The molecule has 1 amide bonds. The van der Waals surface area contributed by atoms with Gasteiger partial charge in [-0.3, -0.25) is 4.79 Å². The van der Waals surface area contributed by atoms with Crippen molar-refractivity contribution in [1.29, 1.82) is 0 Å². The molecule has 1 saturated heterocycles. The summed E-state index contributed by atoms with van der Waals surface area (Å²) in [6, 6.07) is 11.8. The Labute approximate surface area is 168 Å². The van der Waals surface area contributed by atoms with Gasteiger partial charge in [0.05, 0.1) is 11.1 Å². The standard InChI is InChI=1S/C19H19ClFN3O3S/c20-18-4-2-1-3-15(18)13-22-23-19(25)14-9-11-24(12-10-14)28(26,27)17-7-5-16(21)6-8-17/h1-8,13-14H,9-12H2,(H,23,25)/b22-13-. The Kier molecular flexibility index (Phi) is 6.43. The lowest BCUT2D eigenvalue weighted by molar-refractivity contribution is -0.126. The monoisotopic (exact) mass is 423 g/mol. The minimum absolute atomic E-state index is 0.0427. The van der Waals surface area contributed by atoms with E-state index in [9.17, 15) is 17.6 Å². The molecule has 0 unspecified atom stereocenters. The fourth-order valence-corrected chi connectivity index (χ4v) is 4.60. The molecule has 1 fully saturated rings. The molecule has 0 aromatic heterocycles. The van der Waals surface area contributed by atoms with E-state index in [1.165, 1.54) is 22.7 Å². The van der Waals surface area contributed by atoms with Gasteiger partial charge in [0.25, 0.3) is 0 Å². The summed E-state index contributed by atoms with van der Waals surface area (Å²) in [6.45, 7) is 0.429. The minimum Gasteiger partial charge on any atom is -0.273 e. The number of hydrazone groups is 1. The van der Waals surface area contributed by atoms with Crippen LogP contribution in [0.3, 0.4) is 0 Å². The predicted molar refractivity (Wildman–Crippen MR) is 105 cm³/mol. The summed E-state index contributed by atoms with van der Waals surface area (Å²) in [5.41, 5.74) is 3.17. The number of sulfonamides is 1. The zero-order chi connectivity index (χ0) is 20.1. The van der Waals surface area contributed by atoms with Crippen LogP contribution in [0.4, 0.5) is 4.39 Å². The first-order valence-corrected chi connectivity index (χ1v) is 10.5. The molecule has 3 rings (SSSR count). The van der Waals surface area contributed by atoms with Gasteiger partial charge in [-0.2, -0.15) is 9.41 Å². The summed E-state index contributed by atoms with van der Waals surface area (Å²) < 4.78 is 39.5. The molecule has 0 radical (unpaired) electrons. The maximum absolute atomic E-state index is 13.0. The number of carbonyl (C=O) groups is 1. The van der Waals surface area contributed by atoms with Gasteiger partial charge in [-0.15, -0.1) is 0 Å². The van der Waals surface area contributed by atoms with Crippen molar-refractivity contribution in [3.63, 3.8) is 0 Å². The maximum atomic E-state index is 13.0. The van der Waals surface area contributed by atoms with Gasteiger partial charge in [-0.05, 0) is 43.2 Å². The van der Waals surface area contributed by atoms with Gasteiger partial charge in [0.1, 0.15) is 5.82 Å². The van der Waals surface area contributed by atoms with Crippen molar-refractivity contribution in [3.05, 3.63) is 64.9 Å². The van der Waals surface area contributed by atoms with Crippen LogP contribution in [0.25, 0.3) is 0 Å².